The Bertz CT molecular complexity index is 1090. The Labute approximate surface area is 186 Å². The molecular weight excluding hydrogens is 414 g/mol. The van der Waals surface area contributed by atoms with E-state index in [9.17, 15) is 9.59 Å². The number of thioether (sulfide) groups is 1. The molecule has 0 aliphatic rings. The highest BCUT2D eigenvalue weighted by Crippen LogP contribution is 2.25. The normalized spacial score (nSPS) is 12.0. The smallest absolute Gasteiger partial charge is 0.221 e. The predicted octanol–water partition coefficient (Wildman–Crippen LogP) is 3.83. The van der Waals surface area contributed by atoms with Gasteiger partial charge in [0, 0.05) is 36.7 Å². The largest absolute Gasteiger partial charge is 0.383 e. The van der Waals surface area contributed by atoms with E-state index in [0.717, 1.165) is 17.1 Å². The van der Waals surface area contributed by atoms with Crippen LogP contribution in [0.4, 0.5) is 5.69 Å². The molecule has 1 amide bonds. The lowest BCUT2D eigenvalue weighted by atomic mass is 10.2. The lowest BCUT2D eigenvalue weighted by Crippen LogP contribution is -2.14. The number of nitrogens with one attached hydrogen (secondary N) is 1. The molecule has 0 fully saturated rings. The van der Waals surface area contributed by atoms with Crippen molar-refractivity contribution in [3.63, 3.8) is 0 Å². The van der Waals surface area contributed by atoms with E-state index in [1.807, 2.05) is 44.2 Å². The third-order valence-electron chi connectivity index (χ3n) is 4.93. The van der Waals surface area contributed by atoms with Crippen LogP contribution in [0.5, 0.6) is 0 Å². The summed E-state index contributed by atoms with van der Waals surface area (Å²) in [7, 11) is 1.68. The summed E-state index contributed by atoms with van der Waals surface area (Å²) in [5, 5.41) is 11.5. The molecule has 2 aromatic heterocycles. The number of aromatic nitrogens is 4. The molecule has 1 aromatic carbocycles. The fourth-order valence-corrected chi connectivity index (χ4v) is 4.51. The van der Waals surface area contributed by atoms with Crippen LogP contribution in [0, 0.1) is 13.8 Å². The van der Waals surface area contributed by atoms with Gasteiger partial charge in [0.05, 0.1) is 24.1 Å². The zero-order chi connectivity index (χ0) is 22.5. The molecule has 1 N–H and O–H groups in total. The Morgan fingerprint density at radius 1 is 1.26 bits per heavy atom. The second-order valence-electron chi connectivity index (χ2n) is 7.39. The van der Waals surface area contributed by atoms with Gasteiger partial charge in [-0.3, -0.25) is 14.2 Å². The van der Waals surface area contributed by atoms with Crippen molar-refractivity contribution in [3.05, 3.63) is 53.6 Å². The molecule has 0 spiro atoms. The molecule has 0 saturated heterocycles. The summed E-state index contributed by atoms with van der Waals surface area (Å²) in [5.41, 5.74) is 4.18. The molecule has 0 aliphatic carbocycles. The first-order valence-electron chi connectivity index (χ1n) is 9.93. The Balaban J connectivity index is 1.75. The number of nitrogens with zero attached hydrogens (tertiary/aromatic N) is 4. The van der Waals surface area contributed by atoms with Crippen molar-refractivity contribution in [1.29, 1.82) is 0 Å². The molecule has 8 nitrogen and oxygen atoms in total. The molecule has 164 valence electrons. The van der Waals surface area contributed by atoms with Gasteiger partial charge in [-0.15, -0.1) is 10.2 Å². The number of amides is 1. The van der Waals surface area contributed by atoms with E-state index in [-0.39, 0.29) is 23.5 Å². The maximum Gasteiger partial charge on any atom is 0.221 e. The molecule has 0 bridgehead atoms. The van der Waals surface area contributed by atoms with Crippen LogP contribution in [0.2, 0.25) is 0 Å². The van der Waals surface area contributed by atoms with Crippen molar-refractivity contribution in [2.24, 2.45) is 0 Å². The average Bonchev–Trinajstić information content (AvgIpc) is 3.30. The molecule has 9 heteroatoms. The number of benzene rings is 1. The highest BCUT2D eigenvalue weighted by atomic mass is 32.2. The number of hydrogen-bond acceptors (Lipinski definition) is 6. The van der Waals surface area contributed by atoms with Crippen molar-refractivity contribution in [2.75, 3.05) is 24.8 Å². The number of carbonyl (C=O) groups is 2. The van der Waals surface area contributed by atoms with E-state index in [4.69, 9.17) is 4.74 Å². The van der Waals surface area contributed by atoms with Crippen LogP contribution in [-0.4, -0.2) is 50.5 Å². The highest BCUT2D eigenvalue weighted by molar-refractivity contribution is 7.99. The average molecular weight is 442 g/mol. The fourth-order valence-electron chi connectivity index (χ4n) is 3.70. The van der Waals surface area contributed by atoms with E-state index < -0.39 is 0 Å². The number of rotatable bonds is 9. The first-order valence-corrected chi connectivity index (χ1v) is 10.9. The van der Waals surface area contributed by atoms with Gasteiger partial charge in [0.2, 0.25) is 5.91 Å². The first-order chi connectivity index (χ1) is 14.8. The van der Waals surface area contributed by atoms with Crippen LogP contribution in [-0.2, 0) is 9.53 Å². The third-order valence-corrected chi connectivity index (χ3v) is 5.87. The molecule has 3 rings (SSSR count). The maximum absolute atomic E-state index is 13.0. The Morgan fingerprint density at radius 3 is 2.74 bits per heavy atom. The van der Waals surface area contributed by atoms with Crippen LogP contribution < -0.4 is 5.32 Å². The second kappa shape index (κ2) is 9.93. The molecule has 0 aliphatic heterocycles. The zero-order valence-electron chi connectivity index (χ0n) is 18.4. The number of ketones is 1. The third kappa shape index (κ3) is 5.23. The number of carbonyl (C=O) groups excluding carboxylic acids is 2. The van der Waals surface area contributed by atoms with Crippen molar-refractivity contribution in [2.45, 2.75) is 38.9 Å². The Hall–Kier alpha value is -2.91. The van der Waals surface area contributed by atoms with Crippen LogP contribution in [0.25, 0.3) is 5.69 Å². The van der Waals surface area contributed by atoms with Gasteiger partial charge in [-0.05, 0) is 45.0 Å². The maximum atomic E-state index is 13.0. The van der Waals surface area contributed by atoms with Crippen LogP contribution in [0.1, 0.15) is 41.6 Å². The standard InChI is InChI=1S/C22H27N5O3S/c1-14-9-20(16(3)27(14)15(2)11-30-5)21(29)12-31-22-25-23-13-26(22)19-8-6-7-18(10-19)24-17(4)28/h6-10,13,15H,11-12H2,1-5H3,(H,24,28). The quantitative estimate of drug-likeness (QED) is 0.401. The van der Waals surface area contributed by atoms with Gasteiger partial charge in [-0.25, -0.2) is 0 Å². The number of anilines is 1. The Kier molecular flexibility index (Phi) is 7.29. The van der Waals surface area contributed by atoms with Crippen LogP contribution >= 0.6 is 11.8 Å². The van der Waals surface area contributed by atoms with Crippen LogP contribution in [0.15, 0.2) is 41.8 Å². The number of ether oxygens (including phenoxy) is 1. The van der Waals surface area contributed by atoms with E-state index in [0.29, 0.717) is 23.0 Å². The summed E-state index contributed by atoms with van der Waals surface area (Å²) < 4.78 is 9.20. The van der Waals surface area contributed by atoms with Gasteiger partial charge >= 0.3 is 0 Å². The van der Waals surface area contributed by atoms with Crippen LogP contribution in [0.3, 0.4) is 0 Å². The topological polar surface area (TPSA) is 91.0 Å². The monoisotopic (exact) mass is 441 g/mol. The van der Waals surface area contributed by atoms with Gasteiger partial charge < -0.3 is 14.6 Å². The number of methoxy groups -OCH3 is 1. The first kappa shape index (κ1) is 22.8. The second-order valence-corrected chi connectivity index (χ2v) is 8.33. The van der Waals surface area contributed by atoms with Crippen molar-refractivity contribution in [3.8, 4) is 5.69 Å². The molecular formula is C22H27N5O3S. The minimum absolute atomic E-state index is 0.0375. The lowest BCUT2D eigenvalue weighted by molar-refractivity contribution is -0.114. The lowest BCUT2D eigenvalue weighted by Gasteiger charge is -2.17. The van der Waals surface area contributed by atoms with Crippen molar-refractivity contribution >= 4 is 29.1 Å². The summed E-state index contributed by atoms with van der Waals surface area (Å²) in [6.07, 6.45) is 1.60. The van der Waals surface area contributed by atoms with Crippen molar-refractivity contribution < 1.29 is 14.3 Å². The molecule has 0 saturated carbocycles. The molecule has 1 atom stereocenters. The number of Topliss-reactive ketones (excluding diaryl/α,β-unsaturated/α-hetero) is 1. The summed E-state index contributed by atoms with van der Waals surface area (Å²) >= 11 is 1.33. The van der Waals surface area contributed by atoms with E-state index in [2.05, 4.69) is 27.0 Å². The van der Waals surface area contributed by atoms with Gasteiger partial charge in [-0.1, -0.05) is 17.8 Å². The zero-order valence-corrected chi connectivity index (χ0v) is 19.2. The van der Waals surface area contributed by atoms with E-state index in [1.165, 1.54) is 18.7 Å². The summed E-state index contributed by atoms with van der Waals surface area (Å²) in [4.78, 5) is 24.3. The van der Waals surface area contributed by atoms with E-state index >= 15 is 0 Å². The molecule has 31 heavy (non-hydrogen) atoms. The minimum atomic E-state index is -0.140. The van der Waals surface area contributed by atoms with Gasteiger partial charge in [0.25, 0.3) is 0 Å². The summed E-state index contributed by atoms with van der Waals surface area (Å²) in [6.45, 7) is 8.09. The molecule has 0 radical (unpaired) electrons. The SMILES string of the molecule is COCC(C)n1c(C)cc(C(=O)CSc2nncn2-c2cccc(NC(C)=O)c2)c1C. The van der Waals surface area contributed by atoms with Crippen molar-refractivity contribution in [1.82, 2.24) is 19.3 Å². The number of hydrogen-bond donors (Lipinski definition) is 1. The molecule has 3 aromatic rings. The summed E-state index contributed by atoms with van der Waals surface area (Å²) in [5.74, 6) is 0.140. The minimum Gasteiger partial charge on any atom is -0.383 e. The highest BCUT2D eigenvalue weighted by Gasteiger charge is 2.20. The molecule has 2 heterocycles. The summed E-state index contributed by atoms with van der Waals surface area (Å²) in [6, 6.07) is 9.47. The number of aryl methyl sites for hydroxylation is 1. The Morgan fingerprint density at radius 2 is 2.03 bits per heavy atom. The molecule has 1 unspecified atom stereocenters. The van der Waals surface area contributed by atoms with Gasteiger partial charge in [-0.2, -0.15) is 0 Å². The van der Waals surface area contributed by atoms with Gasteiger partial charge in [0.15, 0.2) is 10.9 Å². The van der Waals surface area contributed by atoms with E-state index in [1.54, 1.807) is 18.0 Å². The van der Waals surface area contributed by atoms with Gasteiger partial charge in [0.1, 0.15) is 6.33 Å². The fraction of sp³-hybridized carbons (Fsp3) is 0.364. The predicted molar refractivity (Wildman–Crippen MR) is 121 cm³/mol.